The van der Waals surface area contributed by atoms with Gasteiger partial charge in [-0.05, 0) is 12.8 Å². The Kier molecular flexibility index (Phi) is 2.03. The van der Waals surface area contributed by atoms with E-state index in [2.05, 4.69) is 12.7 Å². The molecule has 0 N–H and O–H groups in total. The van der Waals surface area contributed by atoms with Crippen LogP contribution in [0, 0.1) is 0 Å². The Hall–Kier alpha value is -0.600. The highest BCUT2D eigenvalue weighted by Crippen LogP contribution is 2.37. The van der Waals surface area contributed by atoms with Crippen LogP contribution in [0.25, 0.3) is 0 Å². The zero-order valence-electron chi connectivity index (χ0n) is 7.21. The summed E-state index contributed by atoms with van der Waals surface area (Å²) >= 11 is 0. The number of hydrogen-bond donors (Lipinski definition) is 0. The van der Waals surface area contributed by atoms with Crippen LogP contribution in [0.2, 0.25) is 0 Å². The molecule has 2 aliphatic rings. The summed E-state index contributed by atoms with van der Waals surface area (Å²) in [6.07, 6.45) is 7.27. The van der Waals surface area contributed by atoms with E-state index in [1.807, 2.05) is 6.08 Å². The lowest BCUT2D eigenvalue weighted by Gasteiger charge is -2.31. The molecule has 0 unspecified atom stereocenters. The van der Waals surface area contributed by atoms with Crippen LogP contribution in [-0.2, 0) is 9.47 Å². The molecule has 2 rings (SSSR count). The highest BCUT2D eigenvalue weighted by molar-refractivity contribution is 5.27. The third-order valence-electron chi connectivity index (χ3n) is 2.49. The van der Waals surface area contributed by atoms with Crippen LogP contribution >= 0.6 is 0 Å². The minimum Gasteiger partial charge on any atom is -0.343 e. The van der Waals surface area contributed by atoms with Gasteiger partial charge in [0.15, 0.2) is 5.79 Å². The summed E-state index contributed by atoms with van der Waals surface area (Å²) in [4.78, 5) is 0. The number of ether oxygens (including phenoxy) is 2. The van der Waals surface area contributed by atoms with Crippen LogP contribution in [0.3, 0.4) is 0 Å². The number of hydrogen-bond acceptors (Lipinski definition) is 2. The van der Waals surface area contributed by atoms with Crippen LogP contribution in [0.4, 0.5) is 0 Å². The van der Waals surface area contributed by atoms with Crippen molar-refractivity contribution in [3.05, 3.63) is 24.3 Å². The lowest BCUT2D eigenvalue weighted by molar-refractivity contribution is -0.131. The van der Waals surface area contributed by atoms with E-state index in [0.29, 0.717) is 13.2 Å². The SMILES string of the molecule is C=CC1=CCCCC12OCCO2. The molecule has 12 heavy (non-hydrogen) atoms. The Morgan fingerprint density at radius 2 is 2.17 bits per heavy atom. The zero-order valence-corrected chi connectivity index (χ0v) is 7.21. The predicted octanol–water partition coefficient (Wildman–Crippen LogP) is 2.03. The van der Waals surface area contributed by atoms with Crippen molar-refractivity contribution in [3.8, 4) is 0 Å². The Balaban J connectivity index is 2.26. The first-order valence-electron chi connectivity index (χ1n) is 4.48. The maximum atomic E-state index is 5.62. The molecule has 1 aliphatic carbocycles. The van der Waals surface area contributed by atoms with Crippen molar-refractivity contribution in [1.82, 2.24) is 0 Å². The molecule has 2 heteroatoms. The van der Waals surface area contributed by atoms with Crippen LogP contribution in [0.5, 0.6) is 0 Å². The Morgan fingerprint density at radius 3 is 2.83 bits per heavy atom. The highest BCUT2D eigenvalue weighted by Gasteiger charge is 2.39. The molecule has 0 radical (unpaired) electrons. The molecule has 0 atom stereocenters. The molecule has 0 aromatic heterocycles. The van der Waals surface area contributed by atoms with Crippen LogP contribution < -0.4 is 0 Å². The standard InChI is InChI=1S/C10H14O2/c1-2-9-5-3-4-6-10(9)11-7-8-12-10/h2,5H,1,3-4,6-8H2. The molecule has 1 spiro atoms. The minimum atomic E-state index is -0.417. The van der Waals surface area contributed by atoms with Gasteiger partial charge in [-0.2, -0.15) is 0 Å². The van der Waals surface area contributed by atoms with Gasteiger partial charge in [-0.3, -0.25) is 0 Å². The Morgan fingerprint density at radius 1 is 1.42 bits per heavy atom. The van der Waals surface area contributed by atoms with Gasteiger partial charge in [-0.15, -0.1) is 0 Å². The van der Waals surface area contributed by atoms with Gasteiger partial charge in [-0.1, -0.05) is 18.7 Å². The van der Waals surface area contributed by atoms with E-state index >= 15 is 0 Å². The smallest absolute Gasteiger partial charge is 0.194 e. The molecule has 0 amide bonds. The van der Waals surface area contributed by atoms with Crippen LogP contribution in [-0.4, -0.2) is 19.0 Å². The summed E-state index contributed by atoms with van der Waals surface area (Å²) < 4.78 is 11.2. The van der Waals surface area contributed by atoms with Gasteiger partial charge in [0.05, 0.1) is 13.2 Å². The van der Waals surface area contributed by atoms with E-state index in [-0.39, 0.29) is 0 Å². The quantitative estimate of drug-likeness (QED) is 0.593. The summed E-state index contributed by atoms with van der Waals surface area (Å²) in [6, 6.07) is 0. The molecular formula is C10H14O2. The number of rotatable bonds is 1. The molecule has 1 saturated heterocycles. The second kappa shape index (κ2) is 3.04. The van der Waals surface area contributed by atoms with Gasteiger partial charge in [0.1, 0.15) is 0 Å². The average Bonchev–Trinajstić information content (AvgIpc) is 2.55. The van der Waals surface area contributed by atoms with Crippen molar-refractivity contribution in [2.24, 2.45) is 0 Å². The molecule has 66 valence electrons. The van der Waals surface area contributed by atoms with Gasteiger partial charge in [0, 0.05) is 12.0 Å². The second-order valence-electron chi connectivity index (χ2n) is 3.21. The summed E-state index contributed by atoms with van der Waals surface area (Å²) in [5.41, 5.74) is 1.12. The first-order chi connectivity index (χ1) is 5.87. The molecule has 0 aromatic rings. The highest BCUT2D eigenvalue weighted by atomic mass is 16.7. The summed E-state index contributed by atoms with van der Waals surface area (Å²) in [7, 11) is 0. The van der Waals surface area contributed by atoms with Gasteiger partial charge in [0.25, 0.3) is 0 Å². The zero-order chi connectivity index (χ0) is 8.44. The summed E-state index contributed by atoms with van der Waals surface area (Å²) in [5, 5.41) is 0. The fourth-order valence-corrected chi connectivity index (χ4v) is 1.90. The Bertz CT molecular complexity index is 212. The largest absolute Gasteiger partial charge is 0.343 e. The average molecular weight is 166 g/mol. The fourth-order valence-electron chi connectivity index (χ4n) is 1.90. The lowest BCUT2D eigenvalue weighted by atomic mass is 9.93. The van der Waals surface area contributed by atoms with E-state index in [1.54, 1.807) is 0 Å². The Labute approximate surface area is 72.9 Å². The van der Waals surface area contributed by atoms with Crippen molar-refractivity contribution in [3.63, 3.8) is 0 Å². The predicted molar refractivity (Wildman–Crippen MR) is 46.8 cm³/mol. The molecule has 0 bridgehead atoms. The van der Waals surface area contributed by atoms with E-state index < -0.39 is 5.79 Å². The normalized spacial score (nSPS) is 27.2. The van der Waals surface area contributed by atoms with Crippen LogP contribution in [0.15, 0.2) is 24.3 Å². The van der Waals surface area contributed by atoms with Crippen molar-refractivity contribution in [2.75, 3.05) is 13.2 Å². The molecule has 0 saturated carbocycles. The van der Waals surface area contributed by atoms with Gasteiger partial charge < -0.3 is 9.47 Å². The maximum Gasteiger partial charge on any atom is 0.194 e. The molecule has 2 nitrogen and oxygen atoms in total. The van der Waals surface area contributed by atoms with Crippen molar-refractivity contribution in [2.45, 2.75) is 25.0 Å². The second-order valence-corrected chi connectivity index (χ2v) is 3.21. The van der Waals surface area contributed by atoms with Crippen molar-refractivity contribution < 1.29 is 9.47 Å². The monoisotopic (exact) mass is 166 g/mol. The minimum absolute atomic E-state index is 0.417. The van der Waals surface area contributed by atoms with Gasteiger partial charge in [0.2, 0.25) is 0 Å². The van der Waals surface area contributed by atoms with Crippen molar-refractivity contribution in [1.29, 1.82) is 0 Å². The molecule has 1 heterocycles. The van der Waals surface area contributed by atoms with E-state index in [1.165, 1.54) is 0 Å². The third kappa shape index (κ3) is 1.11. The third-order valence-corrected chi connectivity index (χ3v) is 2.49. The molecule has 1 aliphatic heterocycles. The van der Waals surface area contributed by atoms with E-state index in [4.69, 9.17) is 9.47 Å². The van der Waals surface area contributed by atoms with E-state index in [9.17, 15) is 0 Å². The number of allylic oxidation sites excluding steroid dienone is 1. The first kappa shape index (κ1) is 8.02. The lowest BCUT2D eigenvalue weighted by Crippen LogP contribution is -2.33. The van der Waals surface area contributed by atoms with Gasteiger partial charge >= 0.3 is 0 Å². The van der Waals surface area contributed by atoms with Crippen molar-refractivity contribution >= 4 is 0 Å². The summed E-state index contributed by atoms with van der Waals surface area (Å²) in [5.74, 6) is -0.417. The topological polar surface area (TPSA) is 18.5 Å². The first-order valence-corrected chi connectivity index (χ1v) is 4.48. The fraction of sp³-hybridized carbons (Fsp3) is 0.600. The van der Waals surface area contributed by atoms with Gasteiger partial charge in [-0.25, -0.2) is 0 Å². The molecule has 1 fully saturated rings. The van der Waals surface area contributed by atoms with Crippen LogP contribution in [0.1, 0.15) is 19.3 Å². The summed E-state index contributed by atoms with van der Waals surface area (Å²) in [6.45, 7) is 5.20. The van der Waals surface area contributed by atoms with E-state index in [0.717, 1.165) is 24.8 Å². The maximum absolute atomic E-state index is 5.62. The molecule has 0 aromatic carbocycles. The molecular weight excluding hydrogens is 152 g/mol.